The predicted octanol–water partition coefficient (Wildman–Crippen LogP) is 2.23. The smallest absolute Gasteiger partial charge is 0.324 e. The van der Waals surface area contributed by atoms with Gasteiger partial charge in [0.05, 0.1) is 10.6 Å². The molecule has 1 aromatic rings. The van der Waals surface area contributed by atoms with Gasteiger partial charge in [0.2, 0.25) is 0 Å². The summed E-state index contributed by atoms with van der Waals surface area (Å²) in [5, 5.41) is 0.180. The summed E-state index contributed by atoms with van der Waals surface area (Å²) in [7, 11) is 0. The average molecular weight is 233 g/mol. The molecule has 0 unspecified atom stereocenters. The van der Waals surface area contributed by atoms with Crippen LogP contribution in [0, 0.1) is 0 Å². The number of nitrogens with one attached hydrogen (secondary N) is 1. The summed E-state index contributed by atoms with van der Waals surface area (Å²) in [4.78, 5) is 14.1. The fourth-order valence-electron chi connectivity index (χ4n) is 1.22. The van der Waals surface area contributed by atoms with Crippen molar-refractivity contribution in [3.8, 4) is 0 Å². The van der Waals surface area contributed by atoms with Crippen LogP contribution in [0.5, 0.6) is 0 Å². The van der Waals surface area contributed by atoms with Gasteiger partial charge in [-0.1, -0.05) is 18.5 Å². The van der Waals surface area contributed by atoms with Gasteiger partial charge in [-0.05, 0) is 24.1 Å². The third-order valence-corrected chi connectivity index (χ3v) is 2.43. The van der Waals surface area contributed by atoms with E-state index in [1.165, 1.54) is 6.07 Å². The summed E-state index contributed by atoms with van der Waals surface area (Å²) in [5.41, 5.74) is 3.47. The lowest BCUT2D eigenvalue weighted by molar-refractivity contribution is -0.0787. The van der Waals surface area contributed by atoms with Crippen molar-refractivity contribution in [2.75, 3.05) is 5.43 Å². The molecule has 0 aliphatic rings. The van der Waals surface area contributed by atoms with Gasteiger partial charge in [-0.15, -0.1) is 0 Å². The number of hydrogen-bond donors (Lipinski definition) is 2. The second-order valence-electron chi connectivity index (χ2n) is 2.86. The first kappa shape index (κ1) is 11.7. The van der Waals surface area contributed by atoms with Gasteiger partial charge in [-0.3, -0.25) is 5.84 Å². The Morgan fingerprint density at radius 1 is 1.67 bits per heavy atom. The Hall–Kier alpha value is -1.33. The first-order chi connectivity index (χ1) is 7.13. The van der Waals surface area contributed by atoms with E-state index in [1.54, 1.807) is 6.07 Å². The topological polar surface area (TPSA) is 64.3 Å². The number of nitrogens with two attached hydrogens (primary N) is 1. The number of hydrogen-bond acceptors (Lipinski definition) is 4. The normalized spacial score (nSPS) is 9.87. The van der Waals surface area contributed by atoms with Crippen LogP contribution in [0.25, 0.3) is 0 Å². The lowest BCUT2D eigenvalue weighted by Crippen LogP contribution is -2.10. The molecule has 82 valence electrons. The molecule has 15 heavy (non-hydrogen) atoms. The van der Waals surface area contributed by atoms with E-state index in [-0.39, 0.29) is 10.6 Å². The van der Waals surface area contributed by atoms with Crippen molar-refractivity contribution in [3.63, 3.8) is 0 Å². The third-order valence-electron chi connectivity index (χ3n) is 1.99. The molecule has 0 aliphatic heterocycles. The molecule has 0 heterocycles. The van der Waals surface area contributed by atoms with E-state index in [1.807, 2.05) is 6.92 Å². The number of rotatable bonds is 3. The summed E-state index contributed by atoms with van der Waals surface area (Å²) in [5.74, 6) is 4.06. The fourth-order valence-corrected chi connectivity index (χ4v) is 1.54. The standard InChI is InChI=1S/C9H10ClFN2O2/c1-2-5-3-6(13-12)4-7(8(5)10)9(14)15-11/h3-4,13H,2,12H2,1H3. The molecule has 0 saturated heterocycles. The van der Waals surface area contributed by atoms with Crippen LogP contribution in [-0.2, 0) is 11.4 Å². The summed E-state index contributed by atoms with van der Waals surface area (Å²) < 4.78 is 11.8. The molecular weight excluding hydrogens is 223 g/mol. The molecule has 6 heteroatoms. The Morgan fingerprint density at radius 3 is 2.80 bits per heavy atom. The van der Waals surface area contributed by atoms with Crippen molar-refractivity contribution in [2.24, 2.45) is 5.84 Å². The van der Waals surface area contributed by atoms with Gasteiger partial charge in [0.25, 0.3) is 0 Å². The van der Waals surface area contributed by atoms with Gasteiger partial charge < -0.3 is 5.43 Å². The van der Waals surface area contributed by atoms with Crippen molar-refractivity contribution in [3.05, 3.63) is 28.3 Å². The molecule has 0 fully saturated rings. The number of halogens is 2. The Kier molecular flexibility index (Phi) is 3.88. The maximum absolute atomic E-state index is 11.8. The van der Waals surface area contributed by atoms with E-state index < -0.39 is 5.97 Å². The number of aryl methyl sites for hydroxylation is 1. The highest BCUT2D eigenvalue weighted by Gasteiger charge is 2.16. The lowest BCUT2D eigenvalue weighted by Gasteiger charge is -2.08. The van der Waals surface area contributed by atoms with Crippen molar-refractivity contribution < 1.29 is 14.3 Å². The lowest BCUT2D eigenvalue weighted by atomic mass is 10.1. The largest absolute Gasteiger partial charge is 0.381 e. The molecule has 0 spiro atoms. The SMILES string of the molecule is CCc1cc(NN)cc(C(=O)OF)c1Cl. The minimum Gasteiger partial charge on any atom is -0.324 e. The number of anilines is 1. The minimum atomic E-state index is -1.13. The molecule has 0 aliphatic carbocycles. The molecule has 0 amide bonds. The van der Waals surface area contributed by atoms with Gasteiger partial charge in [0.15, 0.2) is 0 Å². The highest BCUT2D eigenvalue weighted by molar-refractivity contribution is 6.34. The number of carbonyl (C=O) groups is 1. The highest BCUT2D eigenvalue weighted by atomic mass is 35.5. The minimum absolute atomic E-state index is 0.0496. The maximum atomic E-state index is 11.8. The predicted molar refractivity (Wildman–Crippen MR) is 55.2 cm³/mol. The monoisotopic (exact) mass is 232 g/mol. The van der Waals surface area contributed by atoms with Crippen LogP contribution >= 0.6 is 11.6 Å². The van der Waals surface area contributed by atoms with Gasteiger partial charge in [0.1, 0.15) is 0 Å². The zero-order valence-electron chi connectivity index (χ0n) is 8.01. The molecule has 0 aromatic heterocycles. The van der Waals surface area contributed by atoms with E-state index in [0.29, 0.717) is 17.7 Å². The Labute approximate surface area is 91.0 Å². The maximum Gasteiger partial charge on any atom is 0.381 e. The second-order valence-corrected chi connectivity index (χ2v) is 3.24. The third kappa shape index (κ3) is 2.37. The zero-order valence-corrected chi connectivity index (χ0v) is 8.77. The molecule has 4 nitrogen and oxygen atoms in total. The molecule has 1 aromatic carbocycles. The summed E-state index contributed by atoms with van der Waals surface area (Å²) in [6.07, 6.45) is 0.598. The van der Waals surface area contributed by atoms with Crippen LogP contribution in [0.2, 0.25) is 5.02 Å². The molecule has 0 atom stereocenters. The highest BCUT2D eigenvalue weighted by Crippen LogP contribution is 2.26. The zero-order chi connectivity index (χ0) is 11.4. The van der Waals surface area contributed by atoms with E-state index in [9.17, 15) is 9.32 Å². The number of benzene rings is 1. The summed E-state index contributed by atoms with van der Waals surface area (Å²) >= 11 is 5.88. The molecule has 0 bridgehead atoms. The van der Waals surface area contributed by atoms with Gasteiger partial charge >= 0.3 is 5.97 Å². The first-order valence-corrected chi connectivity index (χ1v) is 4.63. The van der Waals surface area contributed by atoms with Crippen LogP contribution in [0.3, 0.4) is 0 Å². The first-order valence-electron chi connectivity index (χ1n) is 4.26. The Bertz CT molecular complexity index is 385. The van der Waals surface area contributed by atoms with Crippen molar-refractivity contribution in [1.29, 1.82) is 0 Å². The van der Waals surface area contributed by atoms with Crippen LogP contribution in [0.1, 0.15) is 22.8 Å². The van der Waals surface area contributed by atoms with E-state index in [2.05, 4.69) is 10.4 Å². The molecule has 1 rings (SSSR count). The van der Waals surface area contributed by atoms with Gasteiger partial charge in [-0.2, -0.15) is 0 Å². The molecule has 0 saturated carbocycles. The van der Waals surface area contributed by atoms with Crippen LogP contribution in [0.15, 0.2) is 12.1 Å². The number of nitrogen functional groups attached to an aromatic ring is 1. The number of hydrazine groups is 1. The Balaban J connectivity index is 3.30. The molecule has 3 N–H and O–H groups in total. The van der Waals surface area contributed by atoms with Crippen LogP contribution in [0.4, 0.5) is 10.2 Å². The van der Waals surface area contributed by atoms with Crippen LogP contribution < -0.4 is 11.3 Å². The Morgan fingerprint density at radius 2 is 2.33 bits per heavy atom. The fraction of sp³-hybridized carbons (Fsp3) is 0.222. The summed E-state index contributed by atoms with van der Waals surface area (Å²) in [6.45, 7) is 1.85. The van der Waals surface area contributed by atoms with Gasteiger partial charge in [-0.25, -0.2) is 9.74 Å². The van der Waals surface area contributed by atoms with E-state index in [4.69, 9.17) is 17.4 Å². The second kappa shape index (κ2) is 4.95. The van der Waals surface area contributed by atoms with Gasteiger partial charge in [0, 0.05) is 10.2 Å². The summed E-state index contributed by atoms with van der Waals surface area (Å²) in [6, 6.07) is 3.00. The molecular formula is C9H10ClFN2O2. The van der Waals surface area contributed by atoms with Crippen molar-refractivity contribution in [2.45, 2.75) is 13.3 Å². The van der Waals surface area contributed by atoms with Crippen molar-refractivity contribution >= 4 is 23.3 Å². The quantitative estimate of drug-likeness (QED) is 0.620. The average Bonchev–Trinajstić information content (AvgIpc) is 2.28. The molecule has 0 radical (unpaired) electrons. The van der Waals surface area contributed by atoms with Crippen LogP contribution in [-0.4, -0.2) is 5.97 Å². The number of carbonyl (C=O) groups excluding carboxylic acids is 1. The van der Waals surface area contributed by atoms with E-state index >= 15 is 0 Å². The van der Waals surface area contributed by atoms with Crippen molar-refractivity contribution in [1.82, 2.24) is 0 Å². The van der Waals surface area contributed by atoms with E-state index in [0.717, 1.165) is 0 Å².